The Hall–Kier alpha value is -0.940. The molecule has 3 N–H and O–H groups in total. The topological polar surface area (TPSA) is 55.1 Å². The first-order valence-corrected chi connectivity index (χ1v) is 5.12. The molecule has 0 radical (unpaired) electrons. The lowest BCUT2D eigenvalue weighted by Crippen LogP contribution is -2.32. The van der Waals surface area contributed by atoms with Crippen LogP contribution in [0.2, 0.25) is 0 Å². The predicted molar refractivity (Wildman–Crippen MR) is 63.3 cm³/mol. The lowest BCUT2D eigenvalue weighted by Gasteiger charge is -2.03. The van der Waals surface area contributed by atoms with E-state index >= 15 is 0 Å². The smallest absolute Gasteiger partial charge is 0.251 e. The highest BCUT2D eigenvalue weighted by molar-refractivity contribution is 9.10. The molecule has 0 aromatic heterocycles. The average Bonchev–Trinajstić information content (AvgIpc) is 2.15. The van der Waals surface area contributed by atoms with Gasteiger partial charge in [0.05, 0.1) is 11.5 Å². The van der Waals surface area contributed by atoms with E-state index < -0.39 is 0 Å². The van der Waals surface area contributed by atoms with E-state index in [4.69, 9.17) is 5.73 Å². The Balaban J connectivity index is 2.61. The van der Waals surface area contributed by atoms with Crippen molar-refractivity contribution in [3.63, 3.8) is 0 Å². The summed E-state index contributed by atoms with van der Waals surface area (Å²) in [6.07, 6.45) is 0. The Morgan fingerprint density at radius 2 is 2.00 bits per heavy atom. The van der Waals surface area contributed by atoms with Gasteiger partial charge in [0.2, 0.25) is 0 Å². The van der Waals surface area contributed by atoms with Crippen LogP contribution in [0, 0.1) is 0 Å². The molecule has 0 spiro atoms. The largest absolute Gasteiger partial charge is 0.392 e. The normalized spacial score (nSPS) is 9.50. The molecule has 0 atom stereocenters. The molecular formula is C9H9BrN2OS. The molecule has 0 fully saturated rings. The fraction of sp³-hybridized carbons (Fsp3) is 0.111. The van der Waals surface area contributed by atoms with Gasteiger partial charge in [0.25, 0.3) is 5.91 Å². The van der Waals surface area contributed by atoms with E-state index in [1.54, 1.807) is 24.3 Å². The zero-order valence-corrected chi connectivity index (χ0v) is 9.69. The second-order valence-corrected chi connectivity index (χ2v) is 4.10. The van der Waals surface area contributed by atoms with Gasteiger partial charge in [0, 0.05) is 10.0 Å². The summed E-state index contributed by atoms with van der Waals surface area (Å²) >= 11 is 7.92. The first-order chi connectivity index (χ1) is 6.59. The van der Waals surface area contributed by atoms with Gasteiger partial charge in [0.15, 0.2) is 0 Å². The standard InChI is InChI=1S/C9H9BrN2OS/c10-7-3-1-6(2-4-7)9(13)12-5-8(11)14/h1-4H,5H2,(H2,11,14)(H,12,13). The summed E-state index contributed by atoms with van der Waals surface area (Å²) in [5.41, 5.74) is 5.84. The number of rotatable bonds is 3. The third kappa shape index (κ3) is 3.43. The average molecular weight is 273 g/mol. The van der Waals surface area contributed by atoms with Crippen molar-refractivity contribution in [2.45, 2.75) is 0 Å². The Morgan fingerprint density at radius 3 is 2.50 bits per heavy atom. The molecule has 0 saturated carbocycles. The highest BCUT2D eigenvalue weighted by Crippen LogP contribution is 2.10. The van der Waals surface area contributed by atoms with Gasteiger partial charge in [-0.2, -0.15) is 0 Å². The Morgan fingerprint density at radius 1 is 1.43 bits per heavy atom. The van der Waals surface area contributed by atoms with E-state index in [-0.39, 0.29) is 17.4 Å². The van der Waals surface area contributed by atoms with Crippen molar-refractivity contribution in [1.82, 2.24) is 5.32 Å². The summed E-state index contributed by atoms with van der Waals surface area (Å²) in [4.78, 5) is 11.7. The van der Waals surface area contributed by atoms with Crippen molar-refractivity contribution < 1.29 is 4.79 Å². The van der Waals surface area contributed by atoms with Crippen LogP contribution in [0.1, 0.15) is 10.4 Å². The third-order valence-corrected chi connectivity index (χ3v) is 2.20. The van der Waals surface area contributed by atoms with E-state index in [0.717, 1.165) is 4.47 Å². The molecule has 0 aliphatic heterocycles. The quantitative estimate of drug-likeness (QED) is 0.820. The summed E-state index contributed by atoms with van der Waals surface area (Å²) in [6.45, 7) is 0.226. The van der Waals surface area contributed by atoms with E-state index in [9.17, 15) is 4.79 Å². The van der Waals surface area contributed by atoms with E-state index in [1.807, 2.05) is 0 Å². The van der Waals surface area contributed by atoms with Gasteiger partial charge in [0.1, 0.15) is 0 Å². The monoisotopic (exact) mass is 272 g/mol. The minimum absolute atomic E-state index is 0.176. The Bertz CT molecular complexity index is 350. The zero-order valence-electron chi connectivity index (χ0n) is 7.29. The molecule has 0 aliphatic rings. The maximum atomic E-state index is 11.4. The number of hydrogen-bond donors (Lipinski definition) is 2. The SMILES string of the molecule is NC(=S)CNC(=O)c1ccc(Br)cc1. The summed E-state index contributed by atoms with van der Waals surface area (Å²) in [6, 6.07) is 7.04. The molecule has 5 heteroatoms. The van der Waals surface area contributed by atoms with Crippen molar-refractivity contribution >= 4 is 39.0 Å². The van der Waals surface area contributed by atoms with Gasteiger partial charge in [-0.05, 0) is 24.3 Å². The van der Waals surface area contributed by atoms with Crippen LogP contribution in [-0.4, -0.2) is 17.4 Å². The number of carbonyl (C=O) groups excluding carboxylic acids is 1. The van der Waals surface area contributed by atoms with Crippen LogP contribution in [0.25, 0.3) is 0 Å². The minimum atomic E-state index is -0.176. The van der Waals surface area contributed by atoms with Gasteiger partial charge in [-0.3, -0.25) is 4.79 Å². The van der Waals surface area contributed by atoms with Crippen molar-refractivity contribution in [1.29, 1.82) is 0 Å². The molecule has 1 rings (SSSR count). The molecule has 14 heavy (non-hydrogen) atoms. The molecule has 0 bridgehead atoms. The van der Waals surface area contributed by atoms with Crippen LogP contribution in [-0.2, 0) is 0 Å². The molecular weight excluding hydrogens is 264 g/mol. The first-order valence-electron chi connectivity index (χ1n) is 3.91. The number of amides is 1. The number of halogens is 1. The number of hydrogen-bond acceptors (Lipinski definition) is 2. The van der Waals surface area contributed by atoms with Crippen LogP contribution in [0.5, 0.6) is 0 Å². The highest BCUT2D eigenvalue weighted by Gasteiger charge is 2.03. The summed E-state index contributed by atoms with van der Waals surface area (Å²) < 4.78 is 0.934. The Labute approximate surface area is 95.8 Å². The second kappa shape index (κ2) is 5.07. The molecule has 3 nitrogen and oxygen atoms in total. The van der Waals surface area contributed by atoms with Crippen LogP contribution in [0.4, 0.5) is 0 Å². The van der Waals surface area contributed by atoms with Crippen LogP contribution < -0.4 is 11.1 Å². The number of benzene rings is 1. The van der Waals surface area contributed by atoms with Crippen LogP contribution in [0.15, 0.2) is 28.7 Å². The summed E-state index contributed by atoms with van der Waals surface area (Å²) in [7, 11) is 0. The van der Waals surface area contributed by atoms with Crippen molar-refractivity contribution in [3.05, 3.63) is 34.3 Å². The van der Waals surface area contributed by atoms with E-state index in [1.165, 1.54) is 0 Å². The first kappa shape index (κ1) is 11.1. The van der Waals surface area contributed by atoms with Gasteiger partial charge >= 0.3 is 0 Å². The zero-order chi connectivity index (χ0) is 10.6. The van der Waals surface area contributed by atoms with E-state index in [2.05, 4.69) is 33.5 Å². The van der Waals surface area contributed by atoms with Gasteiger partial charge in [-0.25, -0.2) is 0 Å². The number of carbonyl (C=O) groups is 1. The molecule has 0 saturated heterocycles. The summed E-state index contributed by atoms with van der Waals surface area (Å²) in [5, 5.41) is 2.60. The molecule has 1 aromatic carbocycles. The van der Waals surface area contributed by atoms with Gasteiger partial charge in [-0.1, -0.05) is 28.1 Å². The summed E-state index contributed by atoms with van der Waals surface area (Å²) in [5.74, 6) is -0.176. The van der Waals surface area contributed by atoms with Crippen molar-refractivity contribution in [2.24, 2.45) is 5.73 Å². The molecule has 1 amide bonds. The fourth-order valence-corrected chi connectivity index (χ4v) is 1.21. The Kier molecular flexibility index (Phi) is 4.03. The maximum Gasteiger partial charge on any atom is 0.251 e. The van der Waals surface area contributed by atoms with Gasteiger partial charge in [-0.15, -0.1) is 0 Å². The maximum absolute atomic E-state index is 11.4. The molecule has 1 aromatic rings. The lowest BCUT2D eigenvalue weighted by molar-refractivity contribution is 0.0959. The number of thiocarbonyl (C=S) groups is 1. The van der Waals surface area contributed by atoms with Crippen LogP contribution >= 0.6 is 28.1 Å². The molecule has 0 unspecified atom stereocenters. The highest BCUT2D eigenvalue weighted by atomic mass is 79.9. The number of nitrogens with one attached hydrogen (secondary N) is 1. The fourth-order valence-electron chi connectivity index (χ4n) is 0.871. The second-order valence-electron chi connectivity index (χ2n) is 2.66. The molecule has 0 heterocycles. The van der Waals surface area contributed by atoms with Crippen molar-refractivity contribution in [3.8, 4) is 0 Å². The molecule has 0 aliphatic carbocycles. The van der Waals surface area contributed by atoms with Gasteiger partial charge < -0.3 is 11.1 Å². The van der Waals surface area contributed by atoms with Crippen molar-refractivity contribution in [2.75, 3.05) is 6.54 Å². The minimum Gasteiger partial charge on any atom is -0.392 e. The molecule has 74 valence electrons. The third-order valence-electron chi connectivity index (χ3n) is 1.53. The van der Waals surface area contributed by atoms with Crippen LogP contribution in [0.3, 0.4) is 0 Å². The van der Waals surface area contributed by atoms with E-state index in [0.29, 0.717) is 5.56 Å². The lowest BCUT2D eigenvalue weighted by atomic mass is 10.2. The predicted octanol–water partition coefficient (Wildman–Crippen LogP) is 1.47. The number of nitrogens with two attached hydrogens (primary N) is 1.